The number of ether oxygens (including phenoxy) is 2. The van der Waals surface area contributed by atoms with Crippen molar-refractivity contribution < 1.29 is 23.9 Å². The van der Waals surface area contributed by atoms with Crippen LogP contribution in [0.4, 0.5) is 0 Å². The monoisotopic (exact) mass is 343 g/mol. The van der Waals surface area contributed by atoms with Gasteiger partial charge in [-0.3, -0.25) is 9.59 Å². The van der Waals surface area contributed by atoms with E-state index in [0.29, 0.717) is 5.56 Å². The molecule has 1 amide bonds. The Morgan fingerprint density at radius 2 is 1.64 bits per heavy atom. The molecule has 0 aliphatic rings. The molecule has 0 aromatic heterocycles. The Bertz CT molecular complexity index is 792. The van der Waals surface area contributed by atoms with Crippen LogP contribution in [0, 0.1) is 0 Å². The molecule has 1 N–H and O–H groups in total. The van der Waals surface area contributed by atoms with Gasteiger partial charge in [-0.1, -0.05) is 30.3 Å². The molecule has 0 unspecified atom stereocenters. The molecule has 2 aromatic rings. The van der Waals surface area contributed by atoms with Crippen LogP contribution < -0.4 is 5.32 Å². The lowest BCUT2D eigenvalue weighted by molar-refractivity contribution is -0.166. The summed E-state index contributed by atoms with van der Waals surface area (Å²) in [4.78, 5) is 35.2. The van der Waals surface area contributed by atoms with Gasteiger partial charge in [0.05, 0.1) is 0 Å². The van der Waals surface area contributed by atoms with Gasteiger partial charge in [0.15, 0.2) is 6.61 Å². The average Bonchev–Trinajstić information content (AvgIpc) is 2.56. The van der Waals surface area contributed by atoms with Gasteiger partial charge in [-0.15, -0.1) is 0 Å². The summed E-state index contributed by atoms with van der Waals surface area (Å²) in [6.45, 7) is 4.35. The molecule has 0 atom stereocenters. The normalized spacial score (nSPS) is 11.0. The second-order valence-electron chi connectivity index (χ2n) is 6.49. The number of esters is 2. The fourth-order valence-corrected chi connectivity index (χ4v) is 2.15. The number of benzene rings is 2. The maximum Gasteiger partial charge on any atom is 0.344 e. The van der Waals surface area contributed by atoms with Gasteiger partial charge in [0, 0.05) is 5.56 Å². The van der Waals surface area contributed by atoms with Gasteiger partial charge in [0.1, 0.15) is 12.1 Å². The third-order valence-corrected chi connectivity index (χ3v) is 3.18. The lowest BCUT2D eigenvalue weighted by atomic mass is 10.1. The van der Waals surface area contributed by atoms with Gasteiger partial charge in [-0.25, -0.2) is 4.79 Å². The number of hydrogen-bond acceptors (Lipinski definition) is 5. The first-order valence-electron chi connectivity index (χ1n) is 7.89. The van der Waals surface area contributed by atoms with E-state index in [4.69, 9.17) is 9.47 Å². The molecule has 0 aliphatic carbocycles. The zero-order valence-corrected chi connectivity index (χ0v) is 14.5. The van der Waals surface area contributed by atoms with Crippen molar-refractivity contribution in [3.63, 3.8) is 0 Å². The van der Waals surface area contributed by atoms with E-state index in [-0.39, 0.29) is 12.5 Å². The predicted octanol–water partition coefficient (Wildman–Crippen LogP) is 2.45. The third-order valence-electron chi connectivity index (χ3n) is 3.18. The Balaban J connectivity index is 1.82. The van der Waals surface area contributed by atoms with E-state index in [2.05, 4.69) is 5.32 Å². The molecule has 0 radical (unpaired) electrons. The first kappa shape index (κ1) is 18.4. The first-order chi connectivity index (χ1) is 11.7. The van der Waals surface area contributed by atoms with E-state index in [1.54, 1.807) is 32.9 Å². The lowest BCUT2D eigenvalue weighted by Crippen LogP contribution is -2.33. The summed E-state index contributed by atoms with van der Waals surface area (Å²) in [7, 11) is 0. The maximum absolute atomic E-state index is 12.1. The summed E-state index contributed by atoms with van der Waals surface area (Å²) < 4.78 is 9.80. The van der Waals surface area contributed by atoms with E-state index in [9.17, 15) is 14.4 Å². The second kappa shape index (κ2) is 7.79. The van der Waals surface area contributed by atoms with Crippen molar-refractivity contribution in [3.05, 3.63) is 48.0 Å². The molecule has 0 heterocycles. The summed E-state index contributed by atoms with van der Waals surface area (Å²) in [5.41, 5.74) is -0.202. The number of carbonyl (C=O) groups is 3. The van der Waals surface area contributed by atoms with Crippen LogP contribution in [-0.2, 0) is 19.1 Å². The van der Waals surface area contributed by atoms with E-state index in [1.165, 1.54) is 0 Å². The number of hydrogen-bond donors (Lipinski definition) is 1. The average molecular weight is 343 g/mol. The molecular formula is C19H21NO5. The maximum atomic E-state index is 12.1. The van der Waals surface area contributed by atoms with Crippen LogP contribution in [0.2, 0.25) is 0 Å². The minimum absolute atomic E-state index is 0.325. The third kappa shape index (κ3) is 5.91. The summed E-state index contributed by atoms with van der Waals surface area (Å²) >= 11 is 0. The molecule has 0 saturated heterocycles. The largest absolute Gasteiger partial charge is 0.457 e. The summed E-state index contributed by atoms with van der Waals surface area (Å²) in [6.07, 6.45) is 0. The van der Waals surface area contributed by atoms with Gasteiger partial charge < -0.3 is 14.8 Å². The topological polar surface area (TPSA) is 81.7 Å². The summed E-state index contributed by atoms with van der Waals surface area (Å²) in [5.74, 6) is -1.73. The van der Waals surface area contributed by atoms with Crippen molar-refractivity contribution in [3.8, 4) is 0 Å². The number of rotatable bonds is 5. The quantitative estimate of drug-likeness (QED) is 0.844. The van der Waals surface area contributed by atoms with E-state index >= 15 is 0 Å². The summed E-state index contributed by atoms with van der Waals surface area (Å²) in [6, 6.07) is 12.9. The second-order valence-corrected chi connectivity index (χ2v) is 6.49. The van der Waals surface area contributed by atoms with Crippen molar-refractivity contribution in [2.24, 2.45) is 0 Å². The van der Waals surface area contributed by atoms with Crippen LogP contribution in [0.5, 0.6) is 0 Å². The predicted molar refractivity (Wildman–Crippen MR) is 93.1 cm³/mol. The zero-order chi connectivity index (χ0) is 18.4. The first-order valence-corrected chi connectivity index (χ1v) is 7.89. The standard InChI is InChI=1S/C19H21NO5/c1-19(2,3)25-17(22)12-24-16(21)11-20-18(23)15-9-8-13-6-4-5-7-14(13)10-15/h4-10H,11-12H2,1-3H3,(H,20,23). The molecule has 0 aliphatic heterocycles. The van der Waals surface area contributed by atoms with Crippen molar-refractivity contribution in [2.45, 2.75) is 26.4 Å². The Morgan fingerprint density at radius 3 is 2.32 bits per heavy atom. The molecule has 6 heteroatoms. The molecule has 132 valence electrons. The lowest BCUT2D eigenvalue weighted by Gasteiger charge is -2.19. The highest BCUT2D eigenvalue weighted by molar-refractivity contribution is 5.99. The Labute approximate surface area is 146 Å². The van der Waals surface area contributed by atoms with Crippen molar-refractivity contribution in [1.29, 1.82) is 0 Å². The molecule has 0 fully saturated rings. The number of fused-ring (bicyclic) bond motifs is 1. The highest BCUT2D eigenvalue weighted by atomic mass is 16.6. The fourth-order valence-electron chi connectivity index (χ4n) is 2.15. The van der Waals surface area contributed by atoms with E-state index < -0.39 is 24.1 Å². The van der Waals surface area contributed by atoms with Crippen LogP contribution >= 0.6 is 0 Å². The fraction of sp³-hybridized carbons (Fsp3) is 0.316. The molecule has 6 nitrogen and oxygen atoms in total. The summed E-state index contributed by atoms with van der Waals surface area (Å²) in [5, 5.41) is 4.43. The van der Waals surface area contributed by atoms with Crippen LogP contribution in [-0.4, -0.2) is 36.6 Å². The van der Waals surface area contributed by atoms with E-state index in [1.807, 2.05) is 30.3 Å². The van der Waals surface area contributed by atoms with Gasteiger partial charge >= 0.3 is 11.9 Å². The van der Waals surface area contributed by atoms with Crippen molar-refractivity contribution in [1.82, 2.24) is 5.32 Å². The molecule has 0 saturated carbocycles. The number of amides is 1. The van der Waals surface area contributed by atoms with Gasteiger partial charge in [0.25, 0.3) is 5.91 Å². The van der Waals surface area contributed by atoms with E-state index in [0.717, 1.165) is 10.8 Å². The van der Waals surface area contributed by atoms with Crippen LogP contribution in [0.1, 0.15) is 31.1 Å². The molecule has 2 rings (SSSR count). The Hall–Kier alpha value is -2.89. The van der Waals surface area contributed by atoms with Gasteiger partial charge in [-0.05, 0) is 43.7 Å². The highest BCUT2D eigenvalue weighted by Crippen LogP contribution is 2.15. The molecule has 0 bridgehead atoms. The van der Waals surface area contributed by atoms with Crippen LogP contribution in [0.3, 0.4) is 0 Å². The highest BCUT2D eigenvalue weighted by Gasteiger charge is 2.18. The van der Waals surface area contributed by atoms with Crippen molar-refractivity contribution in [2.75, 3.05) is 13.2 Å². The number of nitrogens with one attached hydrogen (secondary N) is 1. The molecule has 25 heavy (non-hydrogen) atoms. The Morgan fingerprint density at radius 1 is 0.960 bits per heavy atom. The number of carbonyl (C=O) groups excluding carboxylic acids is 3. The van der Waals surface area contributed by atoms with Gasteiger partial charge in [0.2, 0.25) is 0 Å². The smallest absolute Gasteiger partial charge is 0.344 e. The van der Waals surface area contributed by atoms with Crippen molar-refractivity contribution >= 4 is 28.6 Å². The molecule has 0 spiro atoms. The molecule has 2 aromatic carbocycles. The molecular weight excluding hydrogens is 322 g/mol. The minimum Gasteiger partial charge on any atom is -0.457 e. The minimum atomic E-state index is -0.708. The van der Waals surface area contributed by atoms with Crippen LogP contribution in [0.15, 0.2) is 42.5 Å². The Kier molecular flexibility index (Phi) is 5.75. The van der Waals surface area contributed by atoms with Crippen LogP contribution in [0.25, 0.3) is 10.8 Å². The SMILES string of the molecule is CC(C)(C)OC(=O)COC(=O)CNC(=O)c1ccc2ccccc2c1. The van der Waals surface area contributed by atoms with Gasteiger partial charge in [-0.2, -0.15) is 0 Å². The zero-order valence-electron chi connectivity index (χ0n) is 14.5.